The molecular formula is C11H8N2O3S. The summed E-state index contributed by atoms with van der Waals surface area (Å²) in [6.45, 7) is 0. The molecule has 0 aliphatic rings. The molecule has 1 heterocycles. The van der Waals surface area contributed by atoms with E-state index in [0.717, 1.165) is 11.3 Å². The highest BCUT2D eigenvalue weighted by atomic mass is 32.1. The molecule has 6 heteroatoms. The second kappa shape index (κ2) is 4.84. The summed E-state index contributed by atoms with van der Waals surface area (Å²) in [5.74, 6) is -0.537. The molecule has 2 rings (SSSR count). The van der Waals surface area contributed by atoms with Crippen molar-refractivity contribution >= 4 is 17.1 Å². The molecule has 86 valence electrons. The van der Waals surface area contributed by atoms with Gasteiger partial charge in [-0.25, -0.2) is 4.98 Å². The van der Waals surface area contributed by atoms with E-state index in [1.54, 1.807) is 35.7 Å². The molecule has 1 unspecified atom stereocenters. The lowest BCUT2D eigenvalue weighted by atomic mass is 10.1. The maximum Gasteiger partial charge on any atom is 0.325 e. The van der Waals surface area contributed by atoms with Crippen molar-refractivity contribution in [3.8, 4) is 0 Å². The van der Waals surface area contributed by atoms with Gasteiger partial charge in [0.15, 0.2) is 5.01 Å². The van der Waals surface area contributed by atoms with Crippen LogP contribution < -0.4 is 0 Å². The molecule has 0 aliphatic carbocycles. The first-order valence-corrected chi connectivity index (χ1v) is 5.70. The second-order valence-corrected chi connectivity index (χ2v) is 4.21. The fourth-order valence-corrected chi connectivity index (χ4v) is 2.13. The SMILES string of the molecule is O=C(c1ccccc1)C(c1nccs1)[N+](=O)[O-]. The molecule has 0 spiro atoms. The quantitative estimate of drug-likeness (QED) is 0.473. The Kier molecular flexibility index (Phi) is 3.24. The van der Waals surface area contributed by atoms with Gasteiger partial charge in [0.1, 0.15) is 0 Å². The molecule has 0 aliphatic heterocycles. The Morgan fingerprint density at radius 1 is 1.35 bits per heavy atom. The standard InChI is InChI=1S/C11H8N2O3S/c14-10(8-4-2-1-3-5-8)9(13(15)16)11-12-6-7-17-11/h1-7,9H. The largest absolute Gasteiger partial charge is 0.325 e. The van der Waals surface area contributed by atoms with E-state index in [1.165, 1.54) is 6.20 Å². The first-order chi connectivity index (χ1) is 8.20. The minimum atomic E-state index is -1.41. The van der Waals surface area contributed by atoms with Crippen LogP contribution in [0.3, 0.4) is 0 Å². The molecule has 17 heavy (non-hydrogen) atoms. The second-order valence-electron chi connectivity index (χ2n) is 3.29. The van der Waals surface area contributed by atoms with Crippen molar-refractivity contribution in [3.63, 3.8) is 0 Å². The van der Waals surface area contributed by atoms with Gasteiger partial charge in [-0.1, -0.05) is 30.3 Å². The fourth-order valence-electron chi connectivity index (χ4n) is 1.43. The first kappa shape index (κ1) is 11.4. The van der Waals surface area contributed by atoms with Crippen molar-refractivity contribution in [1.82, 2.24) is 4.98 Å². The van der Waals surface area contributed by atoms with E-state index < -0.39 is 16.7 Å². The number of hydrogen-bond acceptors (Lipinski definition) is 5. The number of benzene rings is 1. The van der Waals surface area contributed by atoms with Crippen LogP contribution >= 0.6 is 11.3 Å². The van der Waals surface area contributed by atoms with Gasteiger partial charge in [0.2, 0.25) is 5.78 Å². The maximum atomic E-state index is 12.0. The Morgan fingerprint density at radius 3 is 2.59 bits per heavy atom. The zero-order chi connectivity index (χ0) is 12.3. The highest BCUT2D eigenvalue weighted by Gasteiger charge is 2.34. The van der Waals surface area contributed by atoms with Crippen molar-refractivity contribution < 1.29 is 9.72 Å². The number of carbonyl (C=O) groups is 1. The van der Waals surface area contributed by atoms with Crippen LogP contribution in [-0.2, 0) is 0 Å². The highest BCUT2D eigenvalue weighted by molar-refractivity contribution is 7.09. The van der Waals surface area contributed by atoms with E-state index in [-0.39, 0.29) is 5.01 Å². The summed E-state index contributed by atoms with van der Waals surface area (Å²) in [6.07, 6.45) is 1.45. The van der Waals surface area contributed by atoms with Gasteiger partial charge in [-0.15, -0.1) is 11.3 Å². The molecule has 0 saturated carbocycles. The van der Waals surface area contributed by atoms with Crippen LogP contribution in [0.5, 0.6) is 0 Å². The number of nitro groups is 1. The normalized spacial score (nSPS) is 12.0. The molecule has 0 radical (unpaired) electrons. The Hall–Kier alpha value is -2.08. The topological polar surface area (TPSA) is 73.1 Å². The molecule has 0 amide bonds. The summed E-state index contributed by atoms with van der Waals surface area (Å²) in [6, 6.07) is 6.82. The van der Waals surface area contributed by atoms with Crippen molar-refractivity contribution in [2.24, 2.45) is 0 Å². The van der Waals surface area contributed by atoms with Gasteiger partial charge >= 0.3 is 6.04 Å². The van der Waals surface area contributed by atoms with E-state index in [1.807, 2.05) is 0 Å². The van der Waals surface area contributed by atoms with Crippen LogP contribution in [0.1, 0.15) is 21.4 Å². The van der Waals surface area contributed by atoms with Crippen LogP contribution in [0, 0.1) is 10.1 Å². The lowest BCUT2D eigenvalue weighted by Gasteiger charge is -2.05. The van der Waals surface area contributed by atoms with E-state index >= 15 is 0 Å². The summed E-state index contributed by atoms with van der Waals surface area (Å²) in [5.41, 5.74) is 0.324. The number of hydrogen-bond donors (Lipinski definition) is 0. The molecule has 0 saturated heterocycles. The van der Waals surface area contributed by atoms with Crippen LogP contribution in [0.25, 0.3) is 0 Å². The Labute approximate surface area is 101 Å². The summed E-state index contributed by atoms with van der Waals surface area (Å²) in [4.78, 5) is 26.2. The Balaban J connectivity index is 2.36. The maximum absolute atomic E-state index is 12.0. The number of ketones is 1. The Bertz CT molecular complexity index is 525. The van der Waals surface area contributed by atoms with E-state index in [9.17, 15) is 14.9 Å². The number of Topliss-reactive ketones (excluding diaryl/α,β-unsaturated/α-hetero) is 1. The van der Waals surface area contributed by atoms with Gasteiger partial charge in [-0.05, 0) is 0 Å². The summed E-state index contributed by atoms with van der Waals surface area (Å²) in [7, 11) is 0. The number of carbonyl (C=O) groups excluding carboxylic acids is 1. The Morgan fingerprint density at radius 2 is 2.06 bits per heavy atom. The molecular weight excluding hydrogens is 240 g/mol. The number of aromatic nitrogens is 1. The van der Waals surface area contributed by atoms with E-state index in [2.05, 4.69) is 4.98 Å². The predicted octanol–water partition coefficient (Wildman–Crippen LogP) is 2.34. The lowest BCUT2D eigenvalue weighted by Crippen LogP contribution is -2.21. The van der Waals surface area contributed by atoms with Crippen molar-refractivity contribution in [2.45, 2.75) is 6.04 Å². The molecule has 0 bridgehead atoms. The molecule has 0 N–H and O–H groups in total. The highest BCUT2D eigenvalue weighted by Crippen LogP contribution is 2.23. The number of nitrogens with zero attached hydrogens (tertiary/aromatic N) is 2. The minimum absolute atomic E-state index is 0.212. The van der Waals surface area contributed by atoms with E-state index in [4.69, 9.17) is 0 Å². The van der Waals surface area contributed by atoms with Crippen LogP contribution in [0.15, 0.2) is 41.9 Å². The minimum Gasteiger partial charge on any atom is -0.286 e. The van der Waals surface area contributed by atoms with Crippen LogP contribution in [0.2, 0.25) is 0 Å². The average Bonchev–Trinajstić information content (AvgIpc) is 2.83. The predicted molar refractivity (Wildman–Crippen MR) is 62.6 cm³/mol. The summed E-state index contributed by atoms with van der Waals surface area (Å²) < 4.78 is 0. The van der Waals surface area contributed by atoms with Gasteiger partial charge in [-0.3, -0.25) is 14.9 Å². The van der Waals surface area contributed by atoms with Gasteiger partial charge in [0.25, 0.3) is 0 Å². The summed E-state index contributed by atoms with van der Waals surface area (Å²) in [5, 5.41) is 12.8. The van der Waals surface area contributed by atoms with Gasteiger partial charge in [0.05, 0.1) is 0 Å². The fraction of sp³-hybridized carbons (Fsp3) is 0.0909. The third-order valence-electron chi connectivity index (χ3n) is 2.20. The monoisotopic (exact) mass is 248 g/mol. The van der Waals surface area contributed by atoms with Gasteiger partial charge in [0, 0.05) is 22.1 Å². The molecule has 1 aromatic carbocycles. The zero-order valence-corrected chi connectivity index (χ0v) is 9.46. The van der Waals surface area contributed by atoms with Crippen molar-refractivity contribution in [3.05, 3.63) is 62.6 Å². The molecule has 1 aromatic heterocycles. The van der Waals surface area contributed by atoms with Crippen molar-refractivity contribution in [2.75, 3.05) is 0 Å². The smallest absolute Gasteiger partial charge is 0.286 e. The van der Waals surface area contributed by atoms with Gasteiger partial charge < -0.3 is 0 Å². The van der Waals surface area contributed by atoms with Gasteiger partial charge in [-0.2, -0.15) is 0 Å². The van der Waals surface area contributed by atoms with Crippen LogP contribution in [0.4, 0.5) is 0 Å². The first-order valence-electron chi connectivity index (χ1n) is 4.82. The molecule has 0 fully saturated rings. The third-order valence-corrected chi connectivity index (χ3v) is 3.03. The summed E-state index contributed by atoms with van der Waals surface area (Å²) >= 11 is 1.11. The number of rotatable bonds is 4. The number of thiazole rings is 1. The third kappa shape index (κ3) is 2.36. The molecule has 1 atom stereocenters. The lowest BCUT2D eigenvalue weighted by molar-refractivity contribution is -0.510. The molecule has 5 nitrogen and oxygen atoms in total. The molecule has 2 aromatic rings. The van der Waals surface area contributed by atoms with E-state index in [0.29, 0.717) is 5.56 Å². The van der Waals surface area contributed by atoms with Crippen molar-refractivity contribution in [1.29, 1.82) is 0 Å². The van der Waals surface area contributed by atoms with Crippen LogP contribution in [-0.4, -0.2) is 15.7 Å². The average molecular weight is 248 g/mol. The zero-order valence-electron chi connectivity index (χ0n) is 8.65.